The third-order valence-electron chi connectivity index (χ3n) is 3.37. The predicted molar refractivity (Wildman–Crippen MR) is 83.9 cm³/mol. The predicted octanol–water partition coefficient (Wildman–Crippen LogP) is 2.43. The lowest BCUT2D eigenvalue weighted by Crippen LogP contribution is -2.42. The van der Waals surface area contributed by atoms with Gasteiger partial charge in [0.05, 0.1) is 0 Å². The van der Waals surface area contributed by atoms with E-state index in [0.717, 1.165) is 25.7 Å². The van der Waals surface area contributed by atoms with Crippen LogP contribution in [-0.2, 0) is 10.2 Å². The van der Waals surface area contributed by atoms with Crippen LogP contribution in [0.5, 0.6) is 5.75 Å². The van der Waals surface area contributed by atoms with Gasteiger partial charge < -0.3 is 4.74 Å². The molecule has 1 saturated heterocycles. The topological polar surface area (TPSA) is 58.6 Å². The Morgan fingerprint density at radius 3 is 2.33 bits per heavy atom. The summed E-state index contributed by atoms with van der Waals surface area (Å²) in [6.45, 7) is 1.75. The van der Waals surface area contributed by atoms with Crippen molar-refractivity contribution in [2.75, 3.05) is 26.2 Å². The molecule has 1 heterocycles. The van der Waals surface area contributed by atoms with Crippen LogP contribution in [0.2, 0.25) is 5.02 Å². The monoisotopic (exact) mass is 332 g/mol. The molecule has 0 bridgehead atoms. The Balaban J connectivity index is 1.75. The van der Waals surface area contributed by atoms with Crippen LogP contribution in [0.1, 0.15) is 25.7 Å². The molecule has 7 heteroatoms. The summed E-state index contributed by atoms with van der Waals surface area (Å²) in [6.07, 6.45) is 4.07. The van der Waals surface area contributed by atoms with Crippen molar-refractivity contribution >= 4 is 21.8 Å². The molecule has 1 N–H and O–H groups in total. The van der Waals surface area contributed by atoms with Gasteiger partial charge in [0.2, 0.25) is 0 Å². The molecule has 1 fully saturated rings. The van der Waals surface area contributed by atoms with Gasteiger partial charge in [-0.05, 0) is 37.1 Å². The Morgan fingerprint density at radius 1 is 1.10 bits per heavy atom. The van der Waals surface area contributed by atoms with Crippen molar-refractivity contribution in [2.45, 2.75) is 25.7 Å². The van der Waals surface area contributed by atoms with Gasteiger partial charge in [-0.25, -0.2) is 0 Å². The summed E-state index contributed by atoms with van der Waals surface area (Å²) < 4.78 is 33.9. The minimum Gasteiger partial charge on any atom is -0.492 e. The van der Waals surface area contributed by atoms with Gasteiger partial charge in [0.1, 0.15) is 12.4 Å². The minimum atomic E-state index is -3.39. The first kappa shape index (κ1) is 16.5. The van der Waals surface area contributed by atoms with Crippen LogP contribution in [0.4, 0.5) is 0 Å². The van der Waals surface area contributed by atoms with Crippen LogP contribution in [0.15, 0.2) is 24.3 Å². The van der Waals surface area contributed by atoms with E-state index in [0.29, 0.717) is 23.9 Å². The first-order valence-electron chi connectivity index (χ1n) is 7.21. The number of ether oxygens (including phenoxy) is 1. The molecule has 2 rings (SSSR count). The summed E-state index contributed by atoms with van der Waals surface area (Å²) in [5.74, 6) is 0.674. The van der Waals surface area contributed by atoms with E-state index in [4.69, 9.17) is 16.3 Å². The minimum absolute atomic E-state index is 0.251. The lowest BCUT2D eigenvalue weighted by Gasteiger charge is -2.20. The Labute approximate surface area is 131 Å². The van der Waals surface area contributed by atoms with E-state index in [-0.39, 0.29) is 13.2 Å². The van der Waals surface area contributed by atoms with Crippen molar-refractivity contribution < 1.29 is 13.2 Å². The van der Waals surface area contributed by atoms with Gasteiger partial charge in [-0.3, -0.25) is 0 Å². The maximum Gasteiger partial charge on any atom is 0.279 e. The van der Waals surface area contributed by atoms with E-state index in [2.05, 4.69) is 4.72 Å². The molecule has 0 unspecified atom stereocenters. The van der Waals surface area contributed by atoms with Crippen LogP contribution in [0, 0.1) is 0 Å². The fraction of sp³-hybridized carbons (Fsp3) is 0.571. The first-order chi connectivity index (χ1) is 10.1. The number of halogens is 1. The third-order valence-corrected chi connectivity index (χ3v) is 5.24. The second-order valence-electron chi connectivity index (χ2n) is 5.02. The van der Waals surface area contributed by atoms with Gasteiger partial charge in [0, 0.05) is 24.7 Å². The number of hydrogen-bond acceptors (Lipinski definition) is 3. The van der Waals surface area contributed by atoms with E-state index < -0.39 is 10.2 Å². The van der Waals surface area contributed by atoms with Crippen molar-refractivity contribution in [3.8, 4) is 5.75 Å². The summed E-state index contributed by atoms with van der Waals surface area (Å²) in [6, 6.07) is 6.98. The Bertz CT molecular complexity index is 526. The smallest absolute Gasteiger partial charge is 0.279 e. The van der Waals surface area contributed by atoms with Gasteiger partial charge >= 0.3 is 0 Å². The lowest BCUT2D eigenvalue weighted by atomic mass is 10.2. The van der Waals surface area contributed by atoms with Crippen molar-refractivity contribution in [3.05, 3.63) is 29.3 Å². The third kappa shape index (κ3) is 5.47. The van der Waals surface area contributed by atoms with Crippen molar-refractivity contribution in [1.29, 1.82) is 0 Å². The second-order valence-corrected chi connectivity index (χ2v) is 7.21. The second kappa shape index (κ2) is 7.98. The Kier molecular flexibility index (Phi) is 6.29. The fourth-order valence-electron chi connectivity index (χ4n) is 2.24. The van der Waals surface area contributed by atoms with Gasteiger partial charge in [-0.15, -0.1) is 0 Å². The molecule has 0 spiro atoms. The Hall–Kier alpha value is -0.820. The number of nitrogens with one attached hydrogen (secondary N) is 1. The van der Waals surface area contributed by atoms with Crippen molar-refractivity contribution in [3.63, 3.8) is 0 Å². The summed E-state index contributed by atoms with van der Waals surface area (Å²) in [5.41, 5.74) is 0. The average molecular weight is 333 g/mol. The Morgan fingerprint density at radius 2 is 1.71 bits per heavy atom. The molecule has 0 atom stereocenters. The van der Waals surface area contributed by atoms with E-state index >= 15 is 0 Å². The molecule has 118 valence electrons. The lowest BCUT2D eigenvalue weighted by molar-refractivity contribution is 0.319. The van der Waals surface area contributed by atoms with Gasteiger partial charge in [-0.1, -0.05) is 24.4 Å². The molecule has 1 aromatic carbocycles. The molecule has 0 saturated carbocycles. The molecule has 1 aliphatic heterocycles. The first-order valence-corrected chi connectivity index (χ1v) is 9.03. The highest BCUT2D eigenvalue weighted by atomic mass is 35.5. The zero-order valence-corrected chi connectivity index (χ0v) is 13.5. The molecule has 5 nitrogen and oxygen atoms in total. The molecule has 0 aliphatic carbocycles. The maximum absolute atomic E-state index is 12.1. The molecular weight excluding hydrogens is 312 g/mol. The fourth-order valence-corrected chi connectivity index (χ4v) is 3.63. The van der Waals surface area contributed by atoms with Gasteiger partial charge in [0.15, 0.2) is 0 Å². The molecule has 1 aliphatic rings. The van der Waals surface area contributed by atoms with Crippen LogP contribution >= 0.6 is 11.6 Å². The summed E-state index contributed by atoms with van der Waals surface area (Å²) in [5, 5.41) is 0.643. The molecule has 0 radical (unpaired) electrons. The van der Waals surface area contributed by atoms with Crippen molar-refractivity contribution in [1.82, 2.24) is 9.03 Å². The molecule has 0 aromatic heterocycles. The molecule has 0 amide bonds. The van der Waals surface area contributed by atoms with E-state index in [9.17, 15) is 8.42 Å². The average Bonchev–Trinajstić information content (AvgIpc) is 2.75. The highest BCUT2D eigenvalue weighted by molar-refractivity contribution is 7.87. The van der Waals surface area contributed by atoms with E-state index in [1.807, 2.05) is 0 Å². The zero-order chi connectivity index (χ0) is 15.1. The van der Waals surface area contributed by atoms with Crippen LogP contribution in [0.25, 0.3) is 0 Å². The van der Waals surface area contributed by atoms with E-state index in [1.54, 1.807) is 24.3 Å². The quantitative estimate of drug-likeness (QED) is 0.814. The molecule has 21 heavy (non-hydrogen) atoms. The van der Waals surface area contributed by atoms with E-state index in [1.165, 1.54) is 4.31 Å². The van der Waals surface area contributed by atoms with Crippen molar-refractivity contribution in [2.24, 2.45) is 0 Å². The normalized spacial score (nSPS) is 17.4. The van der Waals surface area contributed by atoms with Crippen LogP contribution in [-0.4, -0.2) is 39.0 Å². The summed E-state index contributed by atoms with van der Waals surface area (Å²) >= 11 is 5.78. The number of rotatable bonds is 6. The molecule has 1 aromatic rings. The van der Waals surface area contributed by atoms with Gasteiger partial charge in [-0.2, -0.15) is 17.4 Å². The summed E-state index contributed by atoms with van der Waals surface area (Å²) in [7, 11) is -3.39. The summed E-state index contributed by atoms with van der Waals surface area (Å²) in [4.78, 5) is 0. The van der Waals surface area contributed by atoms with Crippen LogP contribution < -0.4 is 9.46 Å². The molecular formula is C14H21ClN2O3S. The van der Waals surface area contributed by atoms with Gasteiger partial charge in [0.25, 0.3) is 10.2 Å². The maximum atomic E-state index is 12.1. The number of hydrogen-bond donors (Lipinski definition) is 1. The highest BCUT2D eigenvalue weighted by Crippen LogP contribution is 2.15. The zero-order valence-electron chi connectivity index (χ0n) is 11.9. The van der Waals surface area contributed by atoms with Crippen LogP contribution in [0.3, 0.4) is 0 Å². The largest absolute Gasteiger partial charge is 0.492 e. The SMILES string of the molecule is O=S(=O)(NCCOc1ccc(Cl)cc1)N1CCCCCC1. The highest BCUT2D eigenvalue weighted by Gasteiger charge is 2.22. The number of benzene rings is 1. The number of nitrogens with zero attached hydrogens (tertiary/aromatic N) is 1. The standard InChI is InChI=1S/C14H21ClN2O3S/c15-13-5-7-14(8-6-13)20-12-9-16-21(18,19)17-10-3-1-2-4-11-17/h5-8,16H,1-4,9-12H2.